The summed E-state index contributed by atoms with van der Waals surface area (Å²) in [4.78, 5) is 27.4. The van der Waals surface area contributed by atoms with Crippen LogP contribution in [-0.4, -0.2) is 32.7 Å². The van der Waals surface area contributed by atoms with Crippen molar-refractivity contribution < 1.29 is 14.5 Å². The van der Waals surface area contributed by atoms with Gasteiger partial charge in [0.1, 0.15) is 24.1 Å². The summed E-state index contributed by atoms with van der Waals surface area (Å²) in [7, 11) is 1.56. The van der Waals surface area contributed by atoms with Gasteiger partial charge < -0.3 is 10.1 Å². The standard InChI is InChI=1S/C19H19N5O4/c1-12-4-7-18(28-3)15(8-12)13(2)22-19(25)14-5-6-16(17(9-14)24(26)27)23-11-20-10-21-23/h4-11,13H,1-3H3,(H,22,25). The molecule has 0 saturated carbocycles. The highest BCUT2D eigenvalue weighted by atomic mass is 16.6. The van der Waals surface area contributed by atoms with Crippen LogP contribution < -0.4 is 10.1 Å². The predicted molar refractivity (Wildman–Crippen MR) is 102 cm³/mol. The number of carbonyl (C=O) groups is 1. The zero-order valence-corrected chi connectivity index (χ0v) is 15.6. The SMILES string of the molecule is COc1ccc(C)cc1C(C)NC(=O)c1ccc(-n2cncn2)c([N+](=O)[O-])c1. The van der Waals surface area contributed by atoms with Gasteiger partial charge in [-0.15, -0.1) is 0 Å². The van der Waals surface area contributed by atoms with E-state index >= 15 is 0 Å². The van der Waals surface area contributed by atoms with Crippen molar-refractivity contribution in [3.05, 3.63) is 75.9 Å². The third kappa shape index (κ3) is 3.83. The van der Waals surface area contributed by atoms with Crippen LogP contribution in [0.2, 0.25) is 0 Å². The van der Waals surface area contributed by atoms with Crippen molar-refractivity contribution in [3.63, 3.8) is 0 Å². The van der Waals surface area contributed by atoms with E-state index in [1.165, 1.54) is 35.5 Å². The van der Waals surface area contributed by atoms with Crippen molar-refractivity contribution in [2.75, 3.05) is 7.11 Å². The number of nitrogens with one attached hydrogen (secondary N) is 1. The molecule has 0 bridgehead atoms. The number of aryl methyl sites for hydroxylation is 1. The molecule has 9 nitrogen and oxygen atoms in total. The lowest BCUT2D eigenvalue weighted by Gasteiger charge is -2.18. The van der Waals surface area contributed by atoms with Crippen molar-refractivity contribution in [2.24, 2.45) is 0 Å². The summed E-state index contributed by atoms with van der Waals surface area (Å²) in [6.45, 7) is 3.77. The molecule has 0 aliphatic heterocycles. The van der Waals surface area contributed by atoms with Crippen LogP contribution in [0.1, 0.15) is 34.5 Å². The summed E-state index contributed by atoms with van der Waals surface area (Å²) in [5, 5.41) is 18.2. The van der Waals surface area contributed by atoms with Crippen molar-refractivity contribution in [1.29, 1.82) is 0 Å². The molecule has 2 aromatic carbocycles. The molecule has 0 saturated heterocycles. The van der Waals surface area contributed by atoms with E-state index in [0.717, 1.165) is 11.1 Å². The Morgan fingerprint density at radius 2 is 2.07 bits per heavy atom. The second kappa shape index (κ2) is 7.87. The Morgan fingerprint density at radius 3 is 2.71 bits per heavy atom. The molecule has 28 heavy (non-hydrogen) atoms. The van der Waals surface area contributed by atoms with E-state index in [9.17, 15) is 14.9 Å². The Kier molecular flexibility index (Phi) is 5.35. The normalized spacial score (nSPS) is 11.7. The van der Waals surface area contributed by atoms with Crippen LogP contribution >= 0.6 is 0 Å². The maximum absolute atomic E-state index is 12.7. The fourth-order valence-corrected chi connectivity index (χ4v) is 2.89. The van der Waals surface area contributed by atoms with Crippen LogP contribution in [0.25, 0.3) is 5.69 Å². The zero-order valence-electron chi connectivity index (χ0n) is 15.6. The number of nitrogens with zero attached hydrogens (tertiary/aromatic N) is 4. The van der Waals surface area contributed by atoms with Gasteiger partial charge >= 0.3 is 0 Å². The first-order valence-electron chi connectivity index (χ1n) is 8.49. The van der Waals surface area contributed by atoms with E-state index in [-0.39, 0.29) is 23.0 Å². The molecule has 1 N–H and O–H groups in total. The molecule has 3 aromatic rings. The smallest absolute Gasteiger partial charge is 0.295 e. The molecule has 3 rings (SSSR count). The number of rotatable bonds is 6. The summed E-state index contributed by atoms with van der Waals surface area (Å²) in [5.74, 6) is 0.232. The van der Waals surface area contributed by atoms with Gasteiger partial charge in [-0.2, -0.15) is 5.10 Å². The number of ether oxygens (including phenoxy) is 1. The second-order valence-electron chi connectivity index (χ2n) is 6.24. The quantitative estimate of drug-likeness (QED) is 0.519. The molecule has 1 unspecified atom stereocenters. The molecule has 1 atom stereocenters. The Bertz CT molecular complexity index is 1020. The van der Waals surface area contributed by atoms with Crippen LogP contribution in [0.5, 0.6) is 5.75 Å². The number of hydrogen-bond acceptors (Lipinski definition) is 6. The summed E-state index contributed by atoms with van der Waals surface area (Å²) in [5.41, 5.74) is 2.02. The summed E-state index contributed by atoms with van der Waals surface area (Å²) in [6.07, 6.45) is 2.63. The van der Waals surface area contributed by atoms with Gasteiger partial charge in [-0.1, -0.05) is 17.7 Å². The monoisotopic (exact) mass is 381 g/mol. The Morgan fingerprint density at radius 1 is 1.29 bits per heavy atom. The van der Waals surface area contributed by atoms with Gasteiger partial charge in [0.25, 0.3) is 11.6 Å². The van der Waals surface area contributed by atoms with Crippen LogP contribution in [0.4, 0.5) is 5.69 Å². The van der Waals surface area contributed by atoms with Crippen LogP contribution in [0, 0.1) is 17.0 Å². The van der Waals surface area contributed by atoms with Crippen molar-refractivity contribution >= 4 is 11.6 Å². The number of carbonyl (C=O) groups excluding carboxylic acids is 1. The lowest BCUT2D eigenvalue weighted by molar-refractivity contribution is -0.384. The van der Waals surface area contributed by atoms with Crippen LogP contribution in [0.3, 0.4) is 0 Å². The maximum atomic E-state index is 12.7. The fourth-order valence-electron chi connectivity index (χ4n) is 2.89. The minimum atomic E-state index is -0.555. The van der Waals surface area contributed by atoms with Crippen LogP contribution in [0.15, 0.2) is 49.1 Å². The first-order valence-corrected chi connectivity index (χ1v) is 8.49. The first-order chi connectivity index (χ1) is 13.4. The third-order valence-electron chi connectivity index (χ3n) is 4.30. The number of amides is 1. The van der Waals surface area contributed by atoms with Gasteiger partial charge in [-0.05, 0) is 32.0 Å². The highest BCUT2D eigenvalue weighted by Crippen LogP contribution is 2.27. The molecular formula is C19H19N5O4. The van der Waals surface area contributed by atoms with Gasteiger partial charge in [0, 0.05) is 17.2 Å². The van der Waals surface area contributed by atoms with E-state index in [2.05, 4.69) is 15.4 Å². The van der Waals surface area contributed by atoms with Crippen molar-refractivity contribution in [1.82, 2.24) is 20.1 Å². The summed E-state index contributed by atoms with van der Waals surface area (Å²) in [6, 6.07) is 9.55. The lowest BCUT2D eigenvalue weighted by Crippen LogP contribution is -2.27. The van der Waals surface area contributed by atoms with Crippen molar-refractivity contribution in [2.45, 2.75) is 19.9 Å². The second-order valence-corrected chi connectivity index (χ2v) is 6.24. The van der Waals surface area contributed by atoms with Gasteiger partial charge in [0.05, 0.1) is 18.1 Å². The predicted octanol–water partition coefficient (Wildman–Crippen LogP) is 2.98. The van der Waals surface area contributed by atoms with Gasteiger partial charge in [-0.25, -0.2) is 9.67 Å². The van der Waals surface area contributed by atoms with Gasteiger partial charge in [-0.3, -0.25) is 14.9 Å². The summed E-state index contributed by atoms with van der Waals surface area (Å²) < 4.78 is 6.64. The number of nitro groups is 1. The Hall–Kier alpha value is -3.75. The number of methoxy groups -OCH3 is 1. The van der Waals surface area contributed by atoms with E-state index in [1.807, 2.05) is 32.0 Å². The van der Waals surface area contributed by atoms with E-state index in [4.69, 9.17) is 4.74 Å². The van der Waals surface area contributed by atoms with E-state index in [1.54, 1.807) is 7.11 Å². The number of hydrogen-bond donors (Lipinski definition) is 1. The molecule has 9 heteroatoms. The minimum Gasteiger partial charge on any atom is -0.496 e. The molecule has 1 heterocycles. The molecule has 0 radical (unpaired) electrons. The lowest BCUT2D eigenvalue weighted by atomic mass is 10.0. The minimum absolute atomic E-state index is 0.175. The highest BCUT2D eigenvalue weighted by molar-refractivity contribution is 5.95. The topological polar surface area (TPSA) is 112 Å². The number of aromatic nitrogens is 3. The van der Waals surface area contributed by atoms with E-state index < -0.39 is 10.8 Å². The average molecular weight is 381 g/mol. The molecule has 144 valence electrons. The fraction of sp³-hybridized carbons (Fsp3) is 0.211. The molecule has 0 aliphatic rings. The number of nitro benzene ring substituents is 1. The molecule has 0 fully saturated rings. The molecule has 1 amide bonds. The Balaban J connectivity index is 1.88. The largest absolute Gasteiger partial charge is 0.496 e. The van der Waals surface area contributed by atoms with Gasteiger partial charge in [0.2, 0.25) is 0 Å². The molecular weight excluding hydrogens is 362 g/mol. The first kappa shape index (κ1) is 19.0. The summed E-state index contributed by atoms with van der Waals surface area (Å²) >= 11 is 0. The van der Waals surface area contributed by atoms with Gasteiger partial charge in [0.15, 0.2) is 0 Å². The van der Waals surface area contributed by atoms with Crippen LogP contribution in [-0.2, 0) is 0 Å². The maximum Gasteiger partial charge on any atom is 0.295 e. The zero-order chi connectivity index (χ0) is 20.3. The third-order valence-corrected chi connectivity index (χ3v) is 4.30. The number of benzene rings is 2. The highest BCUT2D eigenvalue weighted by Gasteiger charge is 2.21. The molecule has 0 aliphatic carbocycles. The molecule has 1 aromatic heterocycles. The molecule has 0 spiro atoms. The average Bonchev–Trinajstić information content (AvgIpc) is 3.21. The van der Waals surface area contributed by atoms with E-state index in [0.29, 0.717) is 5.75 Å². The van der Waals surface area contributed by atoms with Crippen molar-refractivity contribution in [3.8, 4) is 11.4 Å². The Labute approximate surface area is 161 Å².